The van der Waals surface area contributed by atoms with Crippen LogP contribution in [0, 0.1) is 5.92 Å². The van der Waals surface area contributed by atoms with Gasteiger partial charge in [-0.3, -0.25) is 4.79 Å². The van der Waals surface area contributed by atoms with Crippen LogP contribution in [0.4, 0.5) is 4.79 Å². The molecule has 1 saturated carbocycles. The van der Waals surface area contributed by atoms with E-state index in [-0.39, 0.29) is 23.0 Å². The molecule has 7 heteroatoms. The summed E-state index contributed by atoms with van der Waals surface area (Å²) in [5.74, 6) is -0.414. The van der Waals surface area contributed by atoms with Crippen LogP contribution in [0.15, 0.2) is 34.9 Å². The van der Waals surface area contributed by atoms with E-state index in [2.05, 4.69) is 5.10 Å². The Morgan fingerprint density at radius 2 is 1.93 bits per heavy atom. The van der Waals surface area contributed by atoms with Gasteiger partial charge in [-0.05, 0) is 45.2 Å². The van der Waals surface area contributed by atoms with E-state index >= 15 is 0 Å². The maximum absolute atomic E-state index is 12.6. The van der Waals surface area contributed by atoms with E-state index in [1.165, 1.54) is 7.05 Å². The molecule has 1 fully saturated rings. The molecule has 1 atom stereocenters. The smallest absolute Gasteiger partial charge is 0.430 e. The summed E-state index contributed by atoms with van der Waals surface area (Å²) in [5.41, 5.74) is 0.116. The van der Waals surface area contributed by atoms with E-state index in [9.17, 15) is 14.7 Å². The van der Waals surface area contributed by atoms with Crippen molar-refractivity contribution in [3.05, 3.63) is 40.4 Å². The summed E-state index contributed by atoms with van der Waals surface area (Å²) in [5, 5.41) is 16.4. The minimum atomic E-state index is -0.667. The monoisotopic (exact) mass is 392 g/mol. The maximum Gasteiger partial charge on any atom is 0.430 e. The summed E-state index contributed by atoms with van der Waals surface area (Å²) in [7, 11) is 1.45. The first-order valence-corrected chi connectivity index (χ1v) is 9.13. The van der Waals surface area contributed by atoms with Gasteiger partial charge in [0.05, 0.1) is 16.3 Å². The zero-order valence-corrected chi connectivity index (χ0v) is 17.0. The Morgan fingerprint density at radius 1 is 1.30 bits per heavy atom. The third-order valence-corrected chi connectivity index (χ3v) is 4.27. The van der Waals surface area contributed by atoms with Crippen LogP contribution >= 0.6 is 11.6 Å². The Labute approximate surface area is 164 Å². The number of nitrogens with zero attached hydrogens (tertiary/aromatic N) is 2. The molecule has 0 bridgehead atoms. The van der Waals surface area contributed by atoms with E-state index in [1.54, 1.807) is 45.0 Å². The van der Waals surface area contributed by atoms with Crippen LogP contribution < -0.4 is 0 Å². The molecule has 1 aliphatic carbocycles. The molecule has 27 heavy (non-hydrogen) atoms. The van der Waals surface area contributed by atoms with Crippen molar-refractivity contribution in [1.29, 1.82) is 0 Å². The number of amides is 1. The molecule has 6 nitrogen and oxygen atoms in total. The lowest BCUT2D eigenvalue weighted by Gasteiger charge is -2.26. The number of ketones is 1. The van der Waals surface area contributed by atoms with Crippen LogP contribution in [-0.2, 0) is 9.53 Å². The highest BCUT2D eigenvalue weighted by atomic mass is 35.5. The third-order valence-electron chi connectivity index (χ3n) is 3.94. The van der Waals surface area contributed by atoms with Gasteiger partial charge < -0.3 is 9.84 Å². The number of aliphatic hydroxyl groups excluding tert-OH is 1. The summed E-state index contributed by atoms with van der Waals surface area (Å²) < 4.78 is 5.29. The Hall–Kier alpha value is -2.34. The zero-order valence-electron chi connectivity index (χ0n) is 16.2. The Balaban J connectivity index is 2.47. The first-order valence-electron chi connectivity index (χ1n) is 8.75. The van der Waals surface area contributed by atoms with Crippen molar-refractivity contribution in [2.75, 3.05) is 7.05 Å². The summed E-state index contributed by atoms with van der Waals surface area (Å²) in [6, 6.07) is 6.72. The van der Waals surface area contributed by atoms with Gasteiger partial charge in [0.2, 0.25) is 0 Å². The van der Waals surface area contributed by atoms with Gasteiger partial charge >= 0.3 is 6.09 Å². The predicted molar refractivity (Wildman–Crippen MR) is 106 cm³/mol. The van der Waals surface area contributed by atoms with E-state index in [0.717, 1.165) is 5.01 Å². The topological polar surface area (TPSA) is 79.2 Å². The first kappa shape index (κ1) is 21.0. The first-order chi connectivity index (χ1) is 12.5. The van der Waals surface area contributed by atoms with Gasteiger partial charge in [0.1, 0.15) is 11.4 Å². The van der Waals surface area contributed by atoms with Crippen LogP contribution in [0.25, 0.3) is 5.76 Å². The zero-order chi connectivity index (χ0) is 20.4. The third kappa shape index (κ3) is 5.32. The van der Waals surface area contributed by atoms with Crippen molar-refractivity contribution in [3.63, 3.8) is 0 Å². The Kier molecular flexibility index (Phi) is 6.31. The lowest BCUT2D eigenvalue weighted by molar-refractivity contribution is -0.116. The van der Waals surface area contributed by atoms with Crippen molar-refractivity contribution >= 4 is 34.9 Å². The molecule has 0 saturated heterocycles. The molecular formula is C20H25ClN2O4. The van der Waals surface area contributed by atoms with Crippen molar-refractivity contribution in [1.82, 2.24) is 5.01 Å². The normalized spacial score (nSPS) is 21.2. The number of allylic oxidation sites excluding steroid dienone is 1. The highest BCUT2D eigenvalue weighted by Gasteiger charge is 2.32. The van der Waals surface area contributed by atoms with E-state index in [1.807, 2.05) is 6.92 Å². The van der Waals surface area contributed by atoms with Crippen molar-refractivity contribution in [2.24, 2.45) is 11.0 Å². The Bertz CT molecular complexity index is 808. The molecule has 146 valence electrons. The highest BCUT2D eigenvalue weighted by molar-refractivity contribution is 6.34. The fourth-order valence-electron chi connectivity index (χ4n) is 2.78. The average Bonchev–Trinajstić information content (AvgIpc) is 2.52. The summed E-state index contributed by atoms with van der Waals surface area (Å²) in [4.78, 5) is 24.9. The highest BCUT2D eigenvalue weighted by Crippen LogP contribution is 2.31. The second kappa shape index (κ2) is 8.13. The minimum absolute atomic E-state index is 0.0473. The number of ether oxygens (including phenoxy) is 1. The minimum Gasteiger partial charge on any atom is -0.506 e. The van der Waals surface area contributed by atoms with Gasteiger partial charge in [0, 0.05) is 19.0 Å². The number of halogens is 1. The van der Waals surface area contributed by atoms with Gasteiger partial charge in [-0.2, -0.15) is 5.10 Å². The van der Waals surface area contributed by atoms with Crippen LogP contribution in [0.5, 0.6) is 0 Å². The molecule has 1 amide bonds. The van der Waals surface area contributed by atoms with Crippen LogP contribution in [-0.4, -0.2) is 40.4 Å². The molecule has 1 aromatic rings. The second-order valence-corrected chi connectivity index (χ2v) is 8.10. The number of rotatable bonds is 2. The number of hydrogen-bond acceptors (Lipinski definition) is 5. The molecular weight excluding hydrogens is 368 g/mol. The number of hydrazone groups is 1. The van der Waals surface area contributed by atoms with Gasteiger partial charge in [0.25, 0.3) is 0 Å². The number of carbonyl (C=O) groups is 2. The van der Waals surface area contributed by atoms with Gasteiger partial charge in [-0.25, -0.2) is 9.80 Å². The molecule has 0 radical (unpaired) electrons. The lowest BCUT2D eigenvalue weighted by atomic mass is 9.83. The van der Waals surface area contributed by atoms with Crippen molar-refractivity contribution in [3.8, 4) is 0 Å². The van der Waals surface area contributed by atoms with Gasteiger partial charge in [-0.15, -0.1) is 0 Å². The van der Waals surface area contributed by atoms with Crippen molar-refractivity contribution < 1.29 is 19.4 Å². The number of benzene rings is 1. The molecule has 0 heterocycles. The van der Waals surface area contributed by atoms with Crippen molar-refractivity contribution in [2.45, 2.75) is 46.1 Å². The maximum atomic E-state index is 12.6. The molecule has 1 aliphatic rings. The van der Waals surface area contributed by atoms with Crippen LogP contribution in [0.3, 0.4) is 0 Å². The number of Topliss-reactive ketones (excluding diaryl/α,β-unsaturated/α-hetero) is 1. The van der Waals surface area contributed by atoms with E-state index < -0.39 is 11.7 Å². The second-order valence-electron chi connectivity index (χ2n) is 7.69. The quantitative estimate of drug-likeness (QED) is 0.444. The van der Waals surface area contributed by atoms with Gasteiger partial charge in [0.15, 0.2) is 5.78 Å². The molecule has 1 aromatic carbocycles. The molecule has 1 N–H and O–H groups in total. The largest absolute Gasteiger partial charge is 0.506 e. The molecule has 0 aliphatic heterocycles. The van der Waals surface area contributed by atoms with Crippen LogP contribution in [0.2, 0.25) is 5.02 Å². The molecule has 2 rings (SSSR count). The summed E-state index contributed by atoms with van der Waals surface area (Å²) in [6.07, 6.45) is 0.0964. The summed E-state index contributed by atoms with van der Waals surface area (Å²) in [6.45, 7) is 7.19. The van der Waals surface area contributed by atoms with E-state index in [0.29, 0.717) is 29.1 Å². The lowest BCUT2D eigenvalue weighted by Crippen LogP contribution is -2.34. The number of hydrogen-bond donors (Lipinski definition) is 1. The van der Waals surface area contributed by atoms with E-state index in [4.69, 9.17) is 16.3 Å². The molecule has 0 aromatic heterocycles. The van der Waals surface area contributed by atoms with Gasteiger partial charge in [-0.1, -0.05) is 30.7 Å². The molecule has 0 spiro atoms. The number of aliphatic hydroxyl groups is 1. The average molecular weight is 393 g/mol. The fraction of sp³-hybridized carbons (Fsp3) is 0.450. The fourth-order valence-corrected chi connectivity index (χ4v) is 3.01. The predicted octanol–water partition coefficient (Wildman–Crippen LogP) is 4.83. The Morgan fingerprint density at radius 3 is 2.52 bits per heavy atom. The summed E-state index contributed by atoms with van der Waals surface area (Å²) >= 11 is 6.16. The molecule has 1 unspecified atom stereocenters. The van der Waals surface area contributed by atoms with Crippen LogP contribution in [0.1, 0.15) is 46.1 Å². The SMILES string of the molecule is CC1CC(=O)C(=C(O)c2ccccc2Cl)C(=NN(C)C(=O)OC(C)(C)C)C1. The number of carbonyl (C=O) groups excluding carboxylic acids is 2. The standard InChI is InChI=1S/C20H25ClN2O4/c1-12-10-15(22-23(5)19(26)27-20(2,3)4)17(16(24)11-12)18(25)13-8-6-7-9-14(13)21/h6-9,12,25H,10-11H2,1-5H3.